The van der Waals surface area contributed by atoms with E-state index in [9.17, 15) is 14.4 Å². The average molecular weight is 670 g/mol. The van der Waals surface area contributed by atoms with Gasteiger partial charge in [0.25, 0.3) is 5.91 Å². The van der Waals surface area contributed by atoms with Crippen LogP contribution in [-0.4, -0.2) is 113 Å². The molecule has 3 aromatic rings. The number of piperidine rings is 3. The minimum Gasteiger partial charge on any atom is -0.435 e. The highest BCUT2D eigenvalue weighted by Crippen LogP contribution is 2.34. The van der Waals surface area contributed by atoms with Crippen LogP contribution in [0.5, 0.6) is 0 Å². The predicted octanol–water partition coefficient (Wildman–Crippen LogP) is 5.62. The second-order valence-corrected chi connectivity index (χ2v) is 14.8. The van der Waals surface area contributed by atoms with Crippen molar-refractivity contribution >= 4 is 34.8 Å². The molecule has 11 heteroatoms. The van der Waals surface area contributed by atoms with E-state index in [0.717, 1.165) is 71.7 Å². The smallest absolute Gasteiger partial charge is 0.410 e. The number of hydrogen-bond acceptors (Lipinski definition) is 6. The third kappa shape index (κ3) is 7.13. The minimum atomic E-state index is -0.945. The molecule has 0 saturated carbocycles. The maximum absolute atomic E-state index is 14.3. The number of amides is 4. The van der Waals surface area contributed by atoms with Crippen LogP contribution in [0.3, 0.4) is 0 Å². The third-order valence-corrected chi connectivity index (χ3v) is 11.8. The normalized spacial score (nSPS) is 21.6. The highest BCUT2D eigenvalue weighted by atomic mass is 16.6. The number of fused-ring (bicyclic) bond motifs is 2. The Balaban J connectivity index is 1.02. The molecular weight excluding hydrogens is 618 g/mol. The van der Waals surface area contributed by atoms with E-state index in [1.165, 1.54) is 12.8 Å². The molecule has 4 amide bonds. The number of likely N-dealkylation sites (tertiary alicyclic amines) is 3. The van der Waals surface area contributed by atoms with Crippen LogP contribution in [0.2, 0.25) is 0 Å². The number of nitrogens with zero attached hydrogens (tertiary/aromatic N) is 5. The Bertz CT molecular complexity index is 1650. The second-order valence-electron chi connectivity index (χ2n) is 14.8. The first-order valence-electron chi connectivity index (χ1n) is 18.3. The number of hydrogen-bond donors (Lipinski definition) is 2. The number of carbonyl (C=O) groups is 3. The predicted molar refractivity (Wildman–Crippen MR) is 190 cm³/mol. The van der Waals surface area contributed by atoms with Crippen molar-refractivity contribution in [3.63, 3.8) is 0 Å². The Morgan fingerprint density at radius 2 is 1.57 bits per heavy atom. The molecule has 0 radical (unpaired) electrons. The van der Waals surface area contributed by atoms with Crippen molar-refractivity contribution in [1.82, 2.24) is 29.6 Å². The minimum absolute atomic E-state index is 0.0321. The van der Waals surface area contributed by atoms with E-state index in [0.29, 0.717) is 51.5 Å². The molecule has 7 rings (SSSR count). The van der Waals surface area contributed by atoms with E-state index < -0.39 is 12.2 Å². The van der Waals surface area contributed by atoms with Gasteiger partial charge >= 0.3 is 12.1 Å². The monoisotopic (exact) mass is 669 g/mol. The number of nitrogens with one attached hydrogen (secondary N) is 2. The summed E-state index contributed by atoms with van der Waals surface area (Å²) >= 11 is 0. The van der Waals surface area contributed by atoms with E-state index in [2.05, 4.69) is 39.4 Å². The van der Waals surface area contributed by atoms with Gasteiger partial charge in [0.2, 0.25) is 0 Å². The molecule has 0 spiro atoms. The van der Waals surface area contributed by atoms with Crippen LogP contribution in [-0.2, 0) is 16.0 Å². The van der Waals surface area contributed by atoms with Crippen LogP contribution in [0, 0.1) is 18.8 Å². The maximum atomic E-state index is 14.3. The molecular formula is C38H51N7O4. The van der Waals surface area contributed by atoms with Crippen LogP contribution in [0.25, 0.3) is 11.0 Å². The SMILES string of the molecule is Cc1cc([C@@H](C)C(OC(=O)N2CCC(N3CCc4ccccc4NC3=O)CC2)C(=O)N2CCC(C3CCN(C)CC3)CC2)cc2[nH]cnc12. The number of para-hydroxylation sites is 1. The second kappa shape index (κ2) is 14.4. The van der Waals surface area contributed by atoms with Gasteiger partial charge in [0, 0.05) is 50.4 Å². The lowest BCUT2D eigenvalue weighted by Crippen LogP contribution is -2.52. The van der Waals surface area contributed by atoms with Gasteiger partial charge in [-0.05, 0) is 113 Å². The third-order valence-electron chi connectivity index (χ3n) is 11.8. The van der Waals surface area contributed by atoms with Crippen molar-refractivity contribution < 1.29 is 19.1 Å². The van der Waals surface area contributed by atoms with Crippen LogP contribution in [0.4, 0.5) is 15.3 Å². The van der Waals surface area contributed by atoms with Gasteiger partial charge in [0.05, 0.1) is 17.4 Å². The lowest BCUT2D eigenvalue weighted by atomic mass is 9.78. The molecule has 2 atom stereocenters. The lowest BCUT2D eigenvalue weighted by molar-refractivity contribution is -0.143. The fourth-order valence-corrected chi connectivity index (χ4v) is 8.61. The molecule has 262 valence electrons. The fraction of sp³-hybridized carbons (Fsp3) is 0.579. The molecule has 2 N–H and O–H groups in total. The Morgan fingerprint density at radius 1 is 0.898 bits per heavy atom. The van der Waals surface area contributed by atoms with Crippen molar-refractivity contribution in [2.75, 3.05) is 58.2 Å². The molecule has 5 heterocycles. The summed E-state index contributed by atoms with van der Waals surface area (Å²) in [5.74, 6) is 0.905. The Kier molecular flexibility index (Phi) is 9.80. The molecule has 4 aliphatic heterocycles. The van der Waals surface area contributed by atoms with Crippen LogP contribution < -0.4 is 5.32 Å². The molecule has 2 aromatic carbocycles. The van der Waals surface area contributed by atoms with E-state index in [1.54, 1.807) is 11.2 Å². The van der Waals surface area contributed by atoms with E-state index >= 15 is 0 Å². The Hall–Kier alpha value is -4.12. The van der Waals surface area contributed by atoms with E-state index in [-0.39, 0.29) is 23.9 Å². The van der Waals surface area contributed by atoms with Gasteiger partial charge in [0.15, 0.2) is 6.10 Å². The number of aryl methyl sites for hydroxylation is 1. The Morgan fingerprint density at radius 3 is 2.31 bits per heavy atom. The van der Waals surface area contributed by atoms with Gasteiger partial charge in [-0.15, -0.1) is 0 Å². The first-order chi connectivity index (χ1) is 23.7. The van der Waals surface area contributed by atoms with Gasteiger partial charge in [-0.2, -0.15) is 0 Å². The summed E-state index contributed by atoms with van der Waals surface area (Å²) in [6, 6.07) is 12.0. The summed E-state index contributed by atoms with van der Waals surface area (Å²) in [4.78, 5) is 56.9. The van der Waals surface area contributed by atoms with Crippen molar-refractivity contribution in [1.29, 1.82) is 0 Å². The van der Waals surface area contributed by atoms with Gasteiger partial charge < -0.3 is 34.6 Å². The molecule has 0 bridgehead atoms. The summed E-state index contributed by atoms with van der Waals surface area (Å²) in [7, 11) is 2.20. The molecule has 49 heavy (non-hydrogen) atoms. The quantitative estimate of drug-likeness (QED) is 0.353. The Labute approximate surface area is 289 Å². The standard InChI is InChI=1S/C38H51N7O4/c1-25-22-30(23-33-34(25)40-24-39-33)26(2)35(36(46)43-17-10-28(11-18-43)27-8-15-42(3)16-9-27)49-38(48)44-19-13-31(14-20-44)45-21-12-29-6-4-5-7-32(29)41-37(45)47/h4-7,22-24,26-28,31,35H,8-21H2,1-3H3,(H,39,40)(H,41,47)/t26-,35?/m1/s1. The van der Waals surface area contributed by atoms with Crippen molar-refractivity contribution in [2.45, 2.75) is 76.9 Å². The number of imidazole rings is 1. The fourth-order valence-electron chi connectivity index (χ4n) is 8.61. The zero-order chi connectivity index (χ0) is 34.1. The highest BCUT2D eigenvalue weighted by molar-refractivity contribution is 5.91. The number of anilines is 1. The van der Waals surface area contributed by atoms with Crippen molar-refractivity contribution in [3.05, 3.63) is 59.4 Å². The van der Waals surface area contributed by atoms with Crippen molar-refractivity contribution in [2.24, 2.45) is 11.8 Å². The van der Waals surface area contributed by atoms with Gasteiger partial charge in [-0.25, -0.2) is 14.6 Å². The summed E-state index contributed by atoms with van der Waals surface area (Å²) in [6.45, 7) is 9.27. The largest absolute Gasteiger partial charge is 0.435 e. The number of carbonyl (C=O) groups excluding carboxylic acids is 3. The molecule has 0 aliphatic carbocycles. The number of aromatic amines is 1. The topological polar surface area (TPSA) is 114 Å². The first-order valence-corrected chi connectivity index (χ1v) is 18.3. The molecule has 3 saturated heterocycles. The zero-order valence-electron chi connectivity index (χ0n) is 29.2. The van der Waals surface area contributed by atoms with Gasteiger partial charge in [-0.3, -0.25) is 4.79 Å². The van der Waals surface area contributed by atoms with Gasteiger partial charge in [-0.1, -0.05) is 31.2 Å². The summed E-state index contributed by atoms with van der Waals surface area (Å²) in [5.41, 5.74) is 5.76. The number of H-pyrrole nitrogens is 1. The molecule has 1 aromatic heterocycles. The number of urea groups is 1. The van der Waals surface area contributed by atoms with Crippen LogP contribution in [0.15, 0.2) is 42.7 Å². The lowest BCUT2D eigenvalue weighted by Gasteiger charge is -2.41. The van der Waals surface area contributed by atoms with E-state index in [4.69, 9.17) is 4.74 Å². The molecule has 3 fully saturated rings. The summed E-state index contributed by atoms with van der Waals surface area (Å²) in [5, 5.41) is 3.07. The molecule has 1 unspecified atom stereocenters. The van der Waals surface area contributed by atoms with Crippen LogP contribution >= 0.6 is 0 Å². The maximum Gasteiger partial charge on any atom is 0.410 e. The number of ether oxygens (including phenoxy) is 1. The molecule has 4 aliphatic rings. The number of aromatic nitrogens is 2. The number of rotatable bonds is 6. The van der Waals surface area contributed by atoms with Crippen molar-refractivity contribution in [3.8, 4) is 0 Å². The first kappa shape index (κ1) is 33.4. The molecule has 11 nitrogen and oxygen atoms in total. The van der Waals surface area contributed by atoms with Crippen LogP contribution in [0.1, 0.15) is 68.1 Å². The van der Waals surface area contributed by atoms with Gasteiger partial charge in [0.1, 0.15) is 0 Å². The number of benzene rings is 2. The summed E-state index contributed by atoms with van der Waals surface area (Å²) < 4.78 is 6.25. The van der Waals surface area contributed by atoms with E-state index in [1.807, 2.05) is 47.9 Å². The zero-order valence-corrected chi connectivity index (χ0v) is 29.2. The summed E-state index contributed by atoms with van der Waals surface area (Å²) in [6.07, 6.45) is 6.84. The average Bonchev–Trinajstić information content (AvgIpc) is 3.54. The highest BCUT2D eigenvalue weighted by Gasteiger charge is 2.39.